The van der Waals surface area contributed by atoms with E-state index in [1.807, 2.05) is 30.3 Å². The molecule has 0 atom stereocenters. The van der Waals surface area contributed by atoms with Crippen molar-refractivity contribution in [1.29, 1.82) is 0 Å². The summed E-state index contributed by atoms with van der Waals surface area (Å²) in [6.45, 7) is 9.60. The van der Waals surface area contributed by atoms with E-state index in [2.05, 4.69) is 30.1 Å². The number of rotatable bonds is 8. The smallest absolute Gasteiger partial charge is 0.163 e. The van der Waals surface area contributed by atoms with Crippen LogP contribution in [0.25, 0.3) is 21.8 Å². The standard InChI is InChI=1S/C24H31N3O3/c1-17(2)25-24-18-7-4-5-8-20(18)26-21-16-23(22(28-3)15-19(21)24)30-12-6-9-27-10-13-29-14-11-27/h4-5,7-8,15-17H,6,9-14H2,1-3H3,(H,25,26). The summed E-state index contributed by atoms with van der Waals surface area (Å²) in [4.78, 5) is 7.30. The number of benzene rings is 2. The van der Waals surface area contributed by atoms with Crippen LogP contribution in [0.1, 0.15) is 20.3 Å². The van der Waals surface area contributed by atoms with Crippen molar-refractivity contribution >= 4 is 27.5 Å². The lowest BCUT2D eigenvalue weighted by atomic mass is 10.1. The van der Waals surface area contributed by atoms with E-state index in [4.69, 9.17) is 19.2 Å². The number of ether oxygens (including phenoxy) is 3. The van der Waals surface area contributed by atoms with Crippen LogP contribution in [0.2, 0.25) is 0 Å². The number of nitrogens with zero attached hydrogens (tertiary/aromatic N) is 2. The van der Waals surface area contributed by atoms with Crippen LogP contribution < -0.4 is 14.8 Å². The van der Waals surface area contributed by atoms with Crippen molar-refractivity contribution in [1.82, 2.24) is 9.88 Å². The first-order valence-corrected chi connectivity index (χ1v) is 10.8. The van der Waals surface area contributed by atoms with Crippen LogP contribution in [-0.2, 0) is 4.74 Å². The second kappa shape index (κ2) is 9.49. The minimum Gasteiger partial charge on any atom is -0.493 e. The van der Waals surface area contributed by atoms with Gasteiger partial charge in [-0.3, -0.25) is 4.90 Å². The molecule has 4 rings (SSSR count). The molecule has 0 unspecified atom stereocenters. The molecule has 1 saturated heterocycles. The molecule has 0 bridgehead atoms. The van der Waals surface area contributed by atoms with Crippen LogP contribution in [0, 0.1) is 0 Å². The van der Waals surface area contributed by atoms with Crippen molar-refractivity contribution in [3.05, 3.63) is 36.4 Å². The lowest BCUT2D eigenvalue weighted by Gasteiger charge is -2.26. The number of fused-ring (bicyclic) bond motifs is 2. The Morgan fingerprint density at radius 1 is 1.07 bits per heavy atom. The van der Waals surface area contributed by atoms with Gasteiger partial charge >= 0.3 is 0 Å². The SMILES string of the molecule is COc1cc2c(NC(C)C)c3ccccc3nc2cc1OCCCN1CCOCC1. The first kappa shape index (κ1) is 20.7. The second-order valence-corrected chi connectivity index (χ2v) is 7.98. The van der Waals surface area contributed by atoms with E-state index in [0.29, 0.717) is 12.6 Å². The average molecular weight is 410 g/mol. The summed E-state index contributed by atoms with van der Waals surface area (Å²) >= 11 is 0. The molecule has 6 heteroatoms. The molecule has 30 heavy (non-hydrogen) atoms. The first-order chi connectivity index (χ1) is 14.7. The predicted molar refractivity (Wildman–Crippen MR) is 122 cm³/mol. The van der Waals surface area contributed by atoms with Crippen molar-refractivity contribution < 1.29 is 14.2 Å². The molecule has 1 aliphatic rings. The Morgan fingerprint density at radius 3 is 2.63 bits per heavy atom. The number of pyridine rings is 1. The molecule has 160 valence electrons. The molecule has 1 fully saturated rings. The molecular formula is C24H31N3O3. The topological polar surface area (TPSA) is 55.8 Å². The zero-order chi connectivity index (χ0) is 20.9. The highest BCUT2D eigenvalue weighted by molar-refractivity contribution is 6.08. The summed E-state index contributed by atoms with van der Waals surface area (Å²) in [5.74, 6) is 1.48. The van der Waals surface area contributed by atoms with Gasteiger partial charge in [-0.2, -0.15) is 0 Å². The molecule has 1 aliphatic heterocycles. The summed E-state index contributed by atoms with van der Waals surface area (Å²) in [5.41, 5.74) is 2.96. The Kier molecular flexibility index (Phi) is 6.55. The second-order valence-electron chi connectivity index (χ2n) is 7.98. The fourth-order valence-corrected chi connectivity index (χ4v) is 3.91. The van der Waals surface area contributed by atoms with Crippen LogP contribution in [-0.4, -0.2) is 62.5 Å². The van der Waals surface area contributed by atoms with Crippen molar-refractivity contribution in [3.63, 3.8) is 0 Å². The van der Waals surface area contributed by atoms with Gasteiger partial charge in [-0.15, -0.1) is 0 Å². The van der Waals surface area contributed by atoms with Gasteiger partial charge in [-0.25, -0.2) is 4.98 Å². The maximum absolute atomic E-state index is 6.12. The summed E-state index contributed by atoms with van der Waals surface area (Å²) in [6, 6.07) is 12.6. The molecule has 3 aromatic rings. The summed E-state index contributed by atoms with van der Waals surface area (Å²) in [7, 11) is 1.69. The fraction of sp³-hybridized carbons (Fsp3) is 0.458. The van der Waals surface area contributed by atoms with Crippen LogP contribution in [0.4, 0.5) is 5.69 Å². The lowest BCUT2D eigenvalue weighted by Crippen LogP contribution is -2.37. The molecule has 0 amide bonds. The highest BCUT2D eigenvalue weighted by Gasteiger charge is 2.15. The molecule has 1 N–H and O–H groups in total. The number of hydrogen-bond donors (Lipinski definition) is 1. The monoisotopic (exact) mass is 409 g/mol. The van der Waals surface area contributed by atoms with Crippen molar-refractivity contribution in [2.75, 3.05) is 51.9 Å². The number of hydrogen-bond acceptors (Lipinski definition) is 6. The lowest BCUT2D eigenvalue weighted by molar-refractivity contribution is 0.0357. The van der Waals surface area contributed by atoms with Crippen LogP contribution in [0.3, 0.4) is 0 Å². The van der Waals surface area contributed by atoms with E-state index in [1.165, 1.54) is 0 Å². The van der Waals surface area contributed by atoms with Gasteiger partial charge in [0, 0.05) is 42.5 Å². The molecule has 1 aromatic heterocycles. The number of para-hydroxylation sites is 1. The van der Waals surface area contributed by atoms with E-state index in [1.54, 1.807) is 7.11 Å². The van der Waals surface area contributed by atoms with Crippen LogP contribution in [0.5, 0.6) is 11.5 Å². The zero-order valence-corrected chi connectivity index (χ0v) is 18.1. The van der Waals surface area contributed by atoms with E-state index >= 15 is 0 Å². The predicted octanol–water partition coefficient (Wildman–Crippen LogP) is 4.32. The number of morpholine rings is 1. The van der Waals surface area contributed by atoms with E-state index in [9.17, 15) is 0 Å². The maximum atomic E-state index is 6.12. The normalized spacial score (nSPS) is 15.1. The van der Waals surface area contributed by atoms with Crippen molar-refractivity contribution in [2.24, 2.45) is 0 Å². The molecule has 6 nitrogen and oxygen atoms in total. The number of methoxy groups -OCH3 is 1. The maximum Gasteiger partial charge on any atom is 0.163 e. The Hall–Kier alpha value is -2.57. The quantitative estimate of drug-likeness (QED) is 0.442. The Bertz CT molecular complexity index is 1000. The summed E-state index contributed by atoms with van der Waals surface area (Å²) < 4.78 is 17.2. The van der Waals surface area contributed by atoms with Gasteiger partial charge < -0.3 is 19.5 Å². The molecule has 2 heterocycles. The van der Waals surface area contributed by atoms with E-state index < -0.39 is 0 Å². The van der Waals surface area contributed by atoms with Gasteiger partial charge in [0.2, 0.25) is 0 Å². The average Bonchev–Trinajstić information content (AvgIpc) is 2.76. The van der Waals surface area contributed by atoms with Gasteiger partial charge in [0.25, 0.3) is 0 Å². The number of nitrogens with one attached hydrogen (secondary N) is 1. The van der Waals surface area contributed by atoms with Crippen molar-refractivity contribution in [2.45, 2.75) is 26.3 Å². The highest BCUT2D eigenvalue weighted by atomic mass is 16.5. The fourth-order valence-electron chi connectivity index (χ4n) is 3.91. The summed E-state index contributed by atoms with van der Waals surface area (Å²) in [5, 5.41) is 5.75. The molecule has 0 saturated carbocycles. The summed E-state index contributed by atoms with van der Waals surface area (Å²) in [6.07, 6.45) is 0.965. The minimum atomic E-state index is 0.307. The molecular weight excluding hydrogens is 378 g/mol. The van der Waals surface area contributed by atoms with E-state index in [0.717, 1.165) is 78.3 Å². The van der Waals surface area contributed by atoms with Gasteiger partial charge in [0.15, 0.2) is 11.5 Å². The third-order valence-electron chi connectivity index (χ3n) is 5.38. The number of aromatic nitrogens is 1. The van der Waals surface area contributed by atoms with E-state index in [-0.39, 0.29) is 0 Å². The Balaban J connectivity index is 1.60. The highest BCUT2D eigenvalue weighted by Crippen LogP contribution is 2.38. The number of anilines is 1. The Labute approximate surface area is 178 Å². The van der Waals surface area contributed by atoms with Gasteiger partial charge in [0.1, 0.15) is 0 Å². The minimum absolute atomic E-state index is 0.307. The van der Waals surface area contributed by atoms with Gasteiger partial charge in [-0.1, -0.05) is 18.2 Å². The third-order valence-corrected chi connectivity index (χ3v) is 5.38. The van der Waals surface area contributed by atoms with Gasteiger partial charge in [-0.05, 0) is 32.4 Å². The molecule has 0 aliphatic carbocycles. The van der Waals surface area contributed by atoms with Gasteiger partial charge in [0.05, 0.1) is 43.7 Å². The Morgan fingerprint density at radius 2 is 1.87 bits per heavy atom. The van der Waals surface area contributed by atoms with Crippen LogP contribution in [0.15, 0.2) is 36.4 Å². The largest absolute Gasteiger partial charge is 0.493 e. The molecule has 0 radical (unpaired) electrons. The first-order valence-electron chi connectivity index (χ1n) is 10.8. The van der Waals surface area contributed by atoms with Crippen molar-refractivity contribution in [3.8, 4) is 11.5 Å². The zero-order valence-electron chi connectivity index (χ0n) is 18.1. The molecule has 2 aromatic carbocycles. The molecule has 0 spiro atoms. The van der Waals surface area contributed by atoms with Crippen LogP contribution >= 0.6 is 0 Å². The third kappa shape index (κ3) is 4.60.